The summed E-state index contributed by atoms with van der Waals surface area (Å²) < 4.78 is 0. The van der Waals surface area contributed by atoms with E-state index in [1.807, 2.05) is 0 Å². The van der Waals surface area contributed by atoms with Crippen molar-refractivity contribution in [2.45, 2.75) is 31.9 Å². The van der Waals surface area contributed by atoms with E-state index in [4.69, 9.17) is 5.11 Å². The molecule has 0 aromatic carbocycles. The number of β-amino-alcohol motifs (C(OH)–C–C–N with tert-alkyl or cyclic N) is 1. The number of carboxylic acid groups (broad SMARTS) is 1. The number of rotatable bonds is 2. The zero-order valence-electron chi connectivity index (χ0n) is 9.80. The van der Waals surface area contributed by atoms with Crippen molar-refractivity contribution in [2.24, 2.45) is 0 Å². The molecule has 1 fully saturated rings. The van der Waals surface area contributed by atoms with Crippen molar-refractivity contribution in [2.75, 3.05) is 20.1 Å². The van der Waals surface area contributed by atoms with Crippen LogP contribution in [-0.4, -0.2) is 63.8 Å². The Bertz CT molecular complexity index is 303. The molecule has 2 atom stereocenters. The van der Waals surface area contributed by atoms with Gasteiger partial charge in [0, 0.05) is 13.6 Å². The highest BCUT2D eigenvalue weighted by Gasteiger charge is 2.36. The number of likely N-dealkylation sites (tertiary alicyclic amines) is 1. The maximum absolute atomic E-state index is 11.9. The molecule has 0 saturated carbocycles. The van der Waals surface area contributed by atoms with Gasteiger partial charge in [0.25, 0.3) is 0 Å². The Morgan fingerprint density at radius 1 is 1.50 bits per heavy atom. The molecule has 6 nitrogen and oxygen atoms in total. The lowest BCUT2D eigenvalue weighted by atomic mass is 10.1. The van der Waals surface area contributed by atoms with E-state index in [0.717, 1.165) is 0 Å². The third kappa shape index (κ3) is 2.63. The van der Waals surface area contributed by atoms with E-state index in [0.29, 0.717) is 13.0 Å². The van der Waals surface area contributed by atoms with Gasteiger partial charge in [-0.1, -0.05) is 0 Å². The highest BCUT2D eigenvalue weighted by atomic mass is 16.4. The standard InChI is InChI=1S/C10H18N2O4/c1-7(8(13)14)11(3)9(15)12-5-4-10(2,16)6-12/h7,16H,4-6H2,1-3H3,(H,13,14). The summed E-state index contributed by atoms with van der Waals surface area (Å²) in [6.45, 7) is 3.83. The normalized spacial score (nSPS) is 26.6. The van der Waals surface area contributed by atoms with Crippen molar-refractivity contribution < 1.29 is 19.8 Å². The van der Waals surface area contributed by atoms with Crippen LogP contribution in [0.4, 0.5) is 4.79 Å². The molecule has 1 rings (SSSR count). The summed E-state index contributed by atoms with van der Waals surface area (Å²) in [5.41, 5.74) is -0.858. The number of aliphatic carboxylic acids is 1. The minimum atomic E-state index is -1.04. The van der Waals surface area contributed by atoms with Crippen molar-refractivity contribution in [3.8, 4) is 0 Å². The van der Waals surface area contributed by atoms with Gasteiger partial charge < -0.3 is 20.0 Å². The molecule has 2 unspecified atom stereocenters. The van der Waals surface area contributed by atoms with Crippen LogP contribution in [0.1, 0.15) is 20.3 Å². The molecule has 2 amide bonds. The van der Waals surface area contributed by atoms with Crippen molar-refractivity contribution in [3.05, 3.63) is 0 Å². The van der Waals surface area contributed by atoms with Crippen LogP contribution in [-0.2, 0) is 4.79 Å². The number of urea groups is 1. The van der Waals surface area contributed by atoms with E-state index in [1.165, 1.54) is 23.8 Å². The lowest BCUT2D eigenvalue weighted by molar-refractivity contribution is -0.141. The van der Waals surface area contributed by atoms with E-state index in [2.05, 4.69) is 0 Å². The Hall–Kier alpha value is -1.30. The highest BCUT2D eigenvalue weighted by Crippen LogP contribution is 2.21. The lowest BCUT2D eigenvalue weighted by Gasteiger charge is -2.27. The van der Waals surface area contributed by atoms with Crippen LogP contribution in [0, 0.1) is 0 Å². The second-order valence-electron chi connectivity index (χ2n) is 4.58. The van der Waals surface area contributed by atoms with Gasteiger partial charge in [0.05, 0.1) is 12.1 Å². The van der Waals surface area contributed by atoms with Crippen LogP contribution in [0.25, 0.3) is 0 Å². The van der Waals surface area contributed by atoms with Crippen molar-refractivity contribution in [3.63, 3.8) is 0 Å². The summed E-state index contributed by atoms with van der Waals surface area (Å²) in [5.74, 6) is -1.04. The fourth-order valence-corrected chi connectivity index (χ4v) is 1.66. The number of carbonyl (C=O) groups is 2. The summed E-state index contributed by atoms with van der Waals surface area (Å²) in [4.78, 5) is 25.2. The van der Waals surface area contributed by atoms with E-state index in [9.17, 15) is 14.7 Å². The number of carbonyl (C=O) groups excluding carboxylic acids is 1. The molecule has 16 heavy (non-hydrogen) atoms. The molecule has 0 aliphatic carbocycles. The molecule has 0 bridgehead atoms. The van der Waals surface area contributed by atoms with Crippen LogP contribution in [0.5, 0.6) is 0 Å². The van der Waals surface area contributed by atoms with Crippen LogP contribution in [0.2, 0.25) is 0 Å². The first-order chi connectivity index (χ1) is 7.24. The minimum absolute atomic E-state index is 0.252. The summed E-state index contributed by atoms with van der Waals surface area (Å²) in [6, 6.07) is -1.22. The summed E-state index contributed by atoms with van der Waals surface area (Å²) >= 11 is 0. The highest BCUT2D eigenvalue weighted by molar-refractivity contribution is 5.82. The Morgan fingerprint density at radius 2 is 2.06 bits per heavy atom. The summed E-state index contributed by atoms with van der Waals surface area (Å²) in [7, 11) is 1.45. The quantitative estimate of drug-likeness (QED) is 0.698. The number of carboxylic acids is 1. The first kappa shape index (κ1) is 12.8. The van der Waals surface area contributed by atoms with Gasteiger partial charge in [0.1, 0.15) is 6.04 Å². The smallest absolute Gasteiger partial charge is 0.326 e. The third-order valence-corrected chi connectivity index (χ3v) is 2.96. The average molecular weight is 230 g/mol. The number of hydrogen-bond acceptors (Lipinski definition) is 3. The van der Waals surface area contributed by atoms with Crippen molar-refractivity contribution in [1.82, 2.24) is 9.80 Å². The maximum Gasteiger partial charge on any atom is 0.326 e. The zero-order valence-corrected chi connectivity index (χ0v) is 9.80. The molecular formula is C10H18N2O4. The Kier molecular flexibility index (Phi) is 3.42. The van der Waals surface area contributed by atoms with Crippen LogP contribution in [0.3, 0.4) is 0 Å². The third-order valence-electron chi connectivity index (χ3n) is 2.96. The second-order valence-corrected chi connectivity index (χ2v) is 4.58. The van der Waals surface area contributed by atoms with E-state index >= 15 is 0 Å². The second kappa shape index (κ2) is 4.29. The van der Waals surface area contributed by atoms with Gasteiger partial charge >= 0.3 is 12.0 Å². The molecule has 1 saturated heterocycles. The van der Waals surface area contributed by atoms with E-state index in [1.54, 1.807) is 6.92 Å². The van der Waals surface area contributed by atoms with Gasteiger partial charge in [-0.2, -0.15) is 0 Å². The van der Waals surface area contributed by atoms with Crippen LogP contribution >= 0.6 is 0 Å². The van der Waals surface area contributed by atoms with Gasteiger partial charge in [-0.3, -0.25) is 0 Å². The predicted octanol–water partition coefficient (Wildman–Crippen LogP) is -0.0320. The SMILES string of the molecule is CC(C(=O)O)N(C)C(=O)N1CCC(C)(O)C1. The lowest BCUT2D eigenvalue weighted by Crippen LogP contribution is -2.47. The molecule has 1 aliphatic heterocycles. The van der Waals surface area contributed by atoms with Gasteiger partial charge in [0.15, 0.2) is 0 Å². The largest absolute Gasteiger partial charge is 0.480 e. The topological polar surface area (TPSA) is 81.1 Å². The first-order valence-electron chi connectivity index (χ1n) is 5.21. The van der Waals surface area contributed by atoms with Crippen LogP contribution < -0.4 is 0 Å². The number of nitrogens with zero attached hydrogens (tertiary/aromatic N) is 2. The molecule has 6 heteroatoms. The summed E-state index contributed by atoms with van der Waals surface area (Å²) in [5, 5.41) is 18.5. The predicted molar refractivity (Wildman–Crippen MR) is 57.1 cm³/mol. The Labute approximate surface area is 94.4 Å². The van der Waals surface area contributed by atoms with Gasteiger partial charge in [-0.25, -0.2) is 9.59 Å². The number of hydrogen-bond donors (Lipinski definition) is 2. The fourth-order valence-electron chi connectivity index (χ4n) is 1.66. The first-order valence-corrected chi connectivity index (χ1v) is 5.21. The molecule has 0 aromatic rings. The average Bonchev–Trinajstić information content (AvgIpc) is 2.55. The molecule has 1 aliphatic rings. The van der Waals surface area contributed by atoms with Gasteiger partial charge in [-0.15, -0.1) is 0 Å². The Balaban J connectivity index is 2.62. The maximum atomic E-state index is 11.9. The molecule has 0 spiro atoms. The number of likely N-dealkylation sites (N-methyl/N-ethyl adjacent to an activating group) is 1. The molecule has 92 valence electrons. The number of aliphatic hydroxyl groups is 1. The summed E-state index contributed by atoms with van der Waals surface area (Å²) in [6.07, 6.45) is 0.522. The molecular weight excluding hydrogens is 212 g/mol. The van der Waals surface area contributed by atoms with Crippen molar-refractivity contribution in [1.29, 1.82) is 0 Å². The molecule has 2 N–H and O–H groups in total. The van der Waals surface area contributed by atoms with Crippen molar-refractivity contribution >= 4 is 12.0 Å². The van der Waals surface area contributed by atoms with Gasteiger partial charge in [0.2, 0.25) is 0 Å². The molecule has 1 heterocycles. The zero-order chi connectivity index (χ0) is 12.5. The van der Waals surface area contributed by atoms with E-state index < -0.39 is 17.6 Å². The minimum Gasteiger partial charge on any atom is -0.480 e. The Morgan fingerprint density at radius 3 is 2.44 bits per heavy atom. The van der Waals surface area contributed by atoms with E-state index in [-0.39, 0.29) is 12.6 Å². The molecule has 0 radical (unpaired) electrons. The van der Waals surface area contributed by atoms with Gasteiger partial charge in [-0.05, 0) is 20.3 Å². The monoisotopic (exact) mass is 230 g/mol. The van der Waals surface area contributed by atoms with Crippen LogP contribution in [0.15, 0.2) is 0 Å². The molecule has 0 aromatic heterocycles. The fraction of sp³-hybridized carbons (Fsp3) is 0.800. The number of amides is 2.